The Labute approximate surface area is 138 Å². The third kappa shape index (κ3) is 4.69. The molecule has 2 N–H and O–H groups in total. The number of rotatable bonds is 7. The van der Waals surface area contributed by atoms with Gasteiger partial charge in [-0.25, -0.2) is 0 Å². The number of carbonyl (C=O) groups excluding carboxylic acids is 1. The Balaban J connectivity index is 2.10. The number of thiazole rings is 1. The van der Waals surface area contributed by atoms with Crippen LogP contribution in [0.2, 0.25) is 5.02 Å². The smallest absolute Gasteiger partial charge is 0.307 e. The highest BCUT2D eigenvalue weighted by molar-refractivity contribution is 7.09. The molecule has 22 heavy (non-hydrogen) atoms. The van der Waals surface area contributed by atoms with Crippen molar-refractivity contribution in [2.24, 2.45) is 5.73 Å². The summed E-state index contributed by atoms with van der Waals surface area (Å²) < 4.78 is 11.0. The maximum atomic E-state index is 11.3. The summed E-state index contributed by atoms with van der Waals surface area (Å²) in [6.45, 7) is 1.72. The average molecular weight is 341 g/mol. The molecule has 2 aromatic rings. The van der Waals surface area contributed by atoms with E-state index in [2.05, 4.69) is 4.98 Å². The van der Waals surface area contributed by atoms with E-state index in [0.717, 1.165) is 4.88 Å². The standard InChI is InChI=1S/C15H17ClN2O3S/c1-2-15(19)21-14(17)7-12(13-8-18-9-22-13)20-11-6-4-3-5-10(11)16/h3-6,8-9,12,14H,2,7,17H2,1H3. The second-order valence-corrected chi connectivity index (χ2v) is 5.88. The quantitative estimate of drug-likeness (QED) is 0.616. The van der Waals surface area contributed by atoms with Gasteiger partial charge in [0.2, 0.25) is 0 Å². The Kier molecular flexibility index (Phi) is 6.18. The summed E-state index contributed by atoms with van der Waals surface area (Å²) in [5.41, 5.74) is 7.59. The van der Waals surface area contributed by atoms with Crippen molar-refractivity contribution in [2.45, 2.75) is 32.1 Å². The highest BCUT2D eigenvalue weighted by Crippen LogP contribution is 2.32. The lowest BCUT2D eigenvalue weighted by molar-refractivity contribution is -0.149. The molecule has 0 amide bonds. The van der Waals surface area contributed by atoms with Crippen molar-refractivity contribution in [3.8, 4) is 5.75 Å². The lowest BCUT2D eigenvalue weighted by Crippen LogP contribution is -2.30. The molecule has 2 atom stereocenters. The SMILES string of the molecule is CCC(=O)OC(N)CC(Oc1ccccc1Cl)c1cncs1. The maximum Gasteiger partial charge on any atom is 0.307 e. The van der Waals surface area contributed by atoms with Crippen molar-refractivity contribution in [2.75, 3.05) is 0 Å². The van der Waals surface area contributed by atoms with Crippen LogP contribution in [0.4, 0.5) is 0 Å². The Morgan fingerprint density at radius 2 is 2.23 bits per heavy atom. The summed E-state index contributed by atoms with van der Waals surface area (Å²) in [4.78, 5) is 16.3. The van der Waals surface area contributed by atoms with Gasteiger partial charge in [-0.2, -0.15) is 0 Å². The molecule has 0 saturated carbocycles. The first-order valence-corrected chi connectivity index (χ1v) is 8.10. The maximum absolute atomic E-state index is 11.3. The van der Waals surface area contributed by atoms with Crippen molar-refractivity contribution >= 4 is 28.9 Å². The van der Waals surface area contributed by atoms with Gasteiger partial charge in [0, 0.05) is 19.0 Å². The summed E-state index contributed by atoms with van der Waals surface area (Å²) in [5, 5.41) is 0.510. The zero-order valence-corrected chi connectivity index (χ0v) is 13.6. The van der Waals surface area contributed by atoms with E-state index in [4.69, 9.17) is 26.8 Å². The van der Waals surface area contributed by atoms with Crippen molar-refractivity contribution < 1.29 is 14.3 Å². The van der Waals surface area contributed by atoms with E-state index in [0.29, 0.717) is 17.2 Å². The van der Waals surface area contributed by atoms with Gasteiger partial charge in [0.1, 0.15) is 11.9 Å². The molecular weight excluding hydrogens is 324 g/mol. The highest BCUT2D eigenvalue weighted by Gasteiger charge is 2.22. The Morgan fingerprint density at radius 3 is 2.86 bits per heavy atom. The molecule has 0 spiro atoms. The number of para-hydroxylation sites is 1. The molecule has 0 aliphatic carbocycles. The van der Waals surface area contributed by atoms with Crippen LogP contribution in [0.15, 0.2) is 36.0 Å². The first-order chi connectivity index (χ1) is 10.6. The molecule has 1 aromatic carbocycles. The van der Waals surface area contributed by atoms with Crippen LogP contribution in [0, 0.1) is 0 Å². The monoisotopic (exact) mass is 340 g/mol. The predicted octanol–water partition coefficient (Wildman–Crippen LogP) is 3.54. The second kappa shape index (κ2) is 8.12. The van der Waals surface area contributed by atoms with Crippen LogP contribution in [-0.4, -0.2) is 17.2 Å². The van der Waals surface area contributed by atoms with Crippen molar-refractivity contribution in [3.63, 3.8) is 0 Å². The van der Waals surface area contributed by atoms with Crippen LogP contribution >= 0.6 is 22.9 Å². The minimum Gasteiger partial charge on any atom is -0.483 e. The Morgan fingerprint density at radius 1 is 1.45 bits per heavy atom. The van der Waals surface area contributed by atoms with Gasteiger partial charge < -0.3 is 9.47 Å². The van der Waals surface area contributed by atoms with Gasteiger partial charge >= 0.3 is 5.97 Å². The second-order valence-electron chi connectivity index (χ2n) is 4.56. The number of hydrogen-bond donors (Lipinski definition) is 1. The van der Waals surface area contributed by atoms with Gasteiger partial charge in [-0.05, 0) is 12.1 Å². The van der Waals surface area contributed by atoms with Gasteiger partial charge in [-0.1, -0.05) is 30.7 Å². The fourth-order valence-corrected chi connectivity index (χ4v) is 2.65. The van der Waals surface area contributed by atoms with Gasteiger partial charge in [0.15, 0.2) is 6.23 Å². The fourth-order valence-electron chi connectivity index (χ4n) is 1.81. The van der Waals surface area contributed by atoms with E-state index in [1.165, 1.54) is 11.3 Å². The lowest BCUT2D eigenvalue weighted by atomic mass is 10.2. The van der Waals surface area contributed by atoms with E-state index in [1.807, 2.05) is 12.1 Å². The molecule has 0 radical (unpaired) electrons. The fraction of sp³-hybridized carbons (Fsp3) is 0.333. The summed E-state index contributed by atoms with van der Waals surface area (Å²) in [5.74, 6) is 0.213. The number of nitrogens with zero attached hydrogens (tertiary/aromatic N) is 1. The summed E-state index contributed by atoms with van der Waals surface area (Å²) in [6.07, 6.45) is 1.18. The van der Waals surface area contributed by atoms with Crippen LogP contribution in [0.25, 0.3) is 0 Å². The topological polar surface area (TPSA) is 74.4 Å². The minimum atomic E-state index is -0.748. The van der Waals surface area contributed by atoms with E-state index >= 15 is 0 Å². The number of benzene rings is 1. The number of carbonyl (C=O) groups is 1. The van der Waals surface area contributed by atoms with E-state index in [1.54, 1.807) is 30.8 Å². The molecular formula is C15H17ClN2O3S. The number of halogens is 1. The largest absolute Gasteiger partial charge is 0.483 e. The van der Waals surface area contributed by atoms with Crippen molar-refractivity contribution in [1.29, 1.82) is 0 Å². The van der Waals surface area contributed by atoms with Gasteiger partial charge in [-0.15, -0.1) is 11.3 Å². The molecule has 5 nitrogen and oxygen atoms in total. The normalized spacial score (nSPS) is 13.4. The minimum absolute atomic E-state index is 0.282. The number of aromatic nitrogens is 1. The number of hydrogen-bond acceptors (Lipinski definition) is 6. The zero-order valence-electron chi connectivity index (χ0n) is 12.1. The summed E-state index contributed by atoms with van der Waals surface area (Å²) in [6, 6.07) is 7.19. The number of ether oxygens (including phenoxy) is 2. The van der Waals surface area contributed by atoms with Crippen LogP contribution in [0.5, 0.6) is 5.75 Å². The first kappa shape index (κ1) is 16.7. The zero-order chi connectivity index (χ0) is 15.9. The predicted molar refractivity (Wildman–Crippen MR) is 85.9 cm³/mol. The van der Waals surface area contributed by atoms with E-state index < -0.39 is 6.23 Å². The molecule has 2 unspecified atom stereocenters. The van der Waals surface area contributed by atoms with Crippen molar-refractivity contribution in [1.82, 2.24) is 4.98 Å². The van der Waals surface area contributed by atoms with E-state index in [-0.39, 0.29) is 18.5 Å². The highest BCUT2D eigenvalue weighted by atomic mass is 35.5. The van der Waals surface area contributed by atoms with Crippen LogP contribution < -0.4 is 10.5 Å². The first-order valence-electron chi connectivity index (χ1n) is 6.84. The Bertz CT molecular complexity index is 607. The molecule has 118 valence electrons. The molecule has 1 heterocycles. The van der Waals surface area contributed by atoms with Gasteiger partial charge in [0.25, 0.3) is 0 Å². The van der Waals surface area contributed by atoms with Crippen LogP contribution in [-0.2, 0) is 9.53 Å². The molecule has 0 aliphatic rings. The van der Waals surface area contributed by atoms with Crippen LogP contribution in [0.3, 0.4) is 0 Å². The lowest BCUT2D eigenvalue weighted by Gasteiger charge is -2.21. The van der Waals surface area contributed by atoms with Crippen LogP contribution in [0.1, 0.15) is 30.7 Å². The van der Waals surface area contributed by atoms with Crippen molar-refractivity contribution in [3.05, 3.63) is 45.9 Å². The summed E-state index contributed by atoms with van der Waals surface area (Å²) in [7, 11) is 0. The molecule has 2 rings (SSSR count). The summed E-state index contributed by atoms with van der Waals surface area (Å²) >= 11 is 7.57. The molecule has 0 saturated heterocycles. The van der Waals surface area contributed by atoms with Gasteiger partial charge in [-0.3, -0.25) is 15.5 Å². The number of esters is 1. The average Bonchev–Trinajstić information content (AvgIpc) is 3.02. The molecule has 7 heteroatoms. The molecule has 0 bridgehead atoms. The number of nitrogens with two attached hydrogens (primary N) is 1. The Hall–Kier alpha value is -1.63. The molecule has 0 aliphatic heterocycles. The van der Waals surface area contributed by atoms with Gasteiger partial charge in [0.05, 0.1) is 15.4 Å². The van der Waals surface area contributed by atoms with E-state index in [9.17, 15) is 4.79 Å². The molecule has 0 fully saturated rings. The third-order valence-corrected chi connectivity index (χ3v) is 4.07. The molecule has 1 aromatic heterocycles. The third-order valence-electron chi connectivity index (χ3n) is 2.89.